The fourth-order valence-electron chi connectivity index (χ4n) is 3.07. The highest BCUT2D eigenvalue weighted by Gasteiger charge is 2.32. The van der Waals surface area contributed by atoms with Gasteiger partial charge in [-0.3, -0.25) is 0 Å². The molecule has 0 saturated carbocycles. The molecule has 0 radical (unpaired) electrons. The number of nitrogens with zero attached hydrogens (tertiary/aromatic N) is 3. The summed E-state index contributed by atoms with van der Waals surface area (Å²) in [6.07, 6.45) is -2.54. The average molecular weight is 409 g/mol. The van der Waals surface area contributed by atoms with Crippen LogP contribution in [0.15, 0.2) is 24.4 Å². The number of halogens is 3. The molecule has 0 aliphatic heterocycles. The molecule has 3 aromatic rings. The highest BCUT2D eigenvalue weighted by atomic mass is 19.4. The Kier molecular flexibility index (Phi) is 5.36. The van der Waals surface area contributed by atoms with E-state index in [1.165, 1.54) is 18.7 Å². The van der Waals surface area contributed by atoms with E-state index < -0.39 is 24.4 Å². The summed E-state index contributed by atoms with van der Waals surface area (Å²) in [5.41, 5.74) is 1.75. The van der Waals surface area contributed by atoms with Crippen LogP contribution in [-0.4, -0.2) is 45.5 Å². The number of aryl methyl sites for hydroxylation is 2. The van der Waals surface area contributed by atoms with Gasteiger partial charge in [-0.15, -0.1) is 0 Å². The smallest absolute Gasteiger partial charge is 0.422 e. The summed E-state index contributed by atoms with van der Waals surface area (Å²) in [7, 11) is 2.90. The molecular formula is C19H18F3N3O4. The monoisotopic (exact) mass is 409 g/mol. The third-order valence-electron chi connectivity index (χ3n) is 4.37. The van der Waals surface area contributed by atoms with Gasteiger partial charge in [0.2, 0.25) is 5.88 Å². The number of carbonyl (C=O) groups is 1. The summed E-state index contributed by atoms with van der Waals surface area (Å²) in [4.78, 5) is 20.3. The number of rotatable bonds is 6. The van der Waals surface area contributed by atoms with Gasteiger partial charge in [0, 0.05) is 30.4 Å². The number of fused-ring (bicyclic) bond motifs is 1. The second-order valence-corrected chi connectivity index (χ2v) is 6.24. The molecule has 0 bridgehead atoms. The van der Waals surface area contributed by atoms with Gasteiger partial charge in [0.25, 0.3) is 0 Å². The van der Waals surface area contributed by atoms with Crippen molar-refractivity contribution in [2.45, 2.75) is 19.5 Å². The predicted octanol–water partition coefficient (Wildman–Crippen LogP) is 3.85. The Morgan fingerprint density at radius 2 is 2.03 bits per heavy atom. The van der Waals surface area contributed by atoms with Crippen molar-refractivity contribution >= 4 is 17.0 Å². The van der Waals surface area contributed by atoms with E-state index in [4.69, 9.17) is 9.47 Å². The van der Waals surface area contributed by atoms with E-state index in [0.29, 0.717) is 29.1 Å². The average Bonchev–Trinajstić information content (AvgIpc) is 2.96. The van der Waals surface area contributed by atoms with Gasteiger partial charge >= 0.3 is 12.1 Å². The maximum absolute atomic E-state index is 12.7. The van der Waals surface area contributed by atoms with Crippen LogP contribution in [0.5, 0.6) is 11.6 Å². The van der Waals surface area contributed by atoms with Crippen LogP contribution in [0.3, 0.4) is 0 Å². The number of methoxy groups -OCH3 is 1. The molecule has 0 unspecified atom stereocenters. The largest absolute Gasteiger partial charge is 0.481 e. The molecule has 3 rings (SSSR count). The van der Waals surface area contributed by atoms with Crippen molar-refractivity contribution in [1.29, 1.82) is 0 Å². The molecular weight excluding hydrogens is 391 g/mol. The minimum absolute atomic E-state index is 0.178. The van der Waals surface area contributed by atoms with Crippen LogP contribution in [0.2, 0.25) is 0 Å². The summed E-state index contributed by atoms with van der Waals surface area (Å²) in [5.74, 6) is -1.37. The van der Waals surface area contributed by atoms with Crippen molar-refractivity contribution in [3.8, 4) is 22.8 Å². The summed E-state index contributed by atoms with van der Waals surface area (Å²) in [6, 6.07) is 4.97. The topological polar surface area (TPSA) is 86.5 Å². The van der Waals surface area contributed by atoms with Gasteiger partial charge in [-0.05, 0) is 18.6 Å². The van der Waals surface area contributed by atoms with Crippen molar-refractivity contribution in [2.24, 2.45) is 7.05 Å². The fourth-order valence-corrected chi connectivity index (χ4v) is 3.07. The Morgan fingerprint density at radius 3 is 2.55 bits per heavy atom. The predicted molar refractivity (Wildman–Crippen MR) is 98.4 cm³/mol. The maximum atomic E-state index is 12.7. The molecule has 0 atom stereocenters. The van der Waals surface area contributed by atoms with Gasteiger partial charge < -0.3 is 19.1 Å². The van der Waals surface area contributed by atoms with Crippen molar-refractivity contribution in [1.82, 2.24) is 14.5 Å². The molecule has 1 N–H and O–H groups in total. The first kappa shape index (κ1) is 20.4. The van der Waals surface area contributed by atoms with Crippen LogP contribution in [0, 0.1) is 0 Å². The highest BCUT2D eigenvalue weighted by Crippen LogP contribution is 2.37. The summed E-state index contributed by atoms with van der Waals surface area (Å²) >= 11 is 0. The Hall–Kier alpha value is -3.30. The number of ether oxygens (including phenoxy) is 2. The summed E-state index contributed by atoms with van der Waals surface area (Å²) in [5, 5.41) is 9.69. The lowest BCUT2D eigenvalue weighted by Gasteiger charge is -2.11. The molecule has 29 heavy (non-hydrogen) atoms. The number of pyridine rings is 2. The van der Waals surface area contributed by atoms with E-state index >= 15 is 0 Å². The van der Waals surface area contributed by atoms with E-state index in [1.807, 2.05) is 6.92 Å². The van der Waals surface area contributed by atoms with Gasteiger partial charge in [0.1, 0.15) is 5.65 Å². The van der Waals surface area contributed by atoms with E-state index in [9.17, 15) is 23.1 Å². The zero-order chi connectivity index (χ0) is 21.3. The summed E-state index contributed by atoms with van der Waals surface area (Å²) in [6.45, 7) is 0.262. The molecule has 0 amide bonds. The van der Waals surface area contributed by atoms with E-state index in [2.05, 4.69) is 9.97 Å². The first-order chi connectivity index (χ1) is 13.7. The van der Waals surface area contributed by atoms with Crippen LogP contribution in [0.1, 0.15) is 23.1 Å². The van der Waals surface area contributed by atoms with E-state index in [1.54, 1.807) is 24.4 Å². The lowest BCUT2D eigenvalue weighted by atomic mass is 10.0. The second kappa shape index (κ2) is 7.61. The van der Waals surface area contributed by atoms with Gasteiger partial charge in [-0.25, -0.2) is 14.8 Å². The second-order valence-electron chi connectivity index (χ2n) is 6.24. The Bertz CT molecular complexity index is 1060. The number of aromatic nitrogens is 3. The number of alkyl halides is 3. The zero-order valence-electron chi connectivity index (χ0n) is 15.9. The van der Waals surface area contributed by atoms with Crippen molar-refractivity contribution in [3.63, 3.8) is 0 Å². The normalized spacial score (nSPS) is 11.7. The fraction of sp³-hybridized carbons (Fsp3) is 0.316. The Balaban J connectivity index is 2.24. The lowest BCUT2D eigenvalue weighted by Crippen LogP contribution is -2.20. The zero-order valence-corrected chi connectivity index (χ0v) is 15.9. The molecule has 0 aliphatic rings. The molecule has 0 spiro atoms. The minimum atomic E-state index is -4.61. The van der Waals surface area contributed by atoms with E-state index in [-0.39, 0.29) is 16.8 Å². The number of carboxylic acids is 1. The van der Waals surface area contributed by atoms with Crippen LogP contribution in [0.25, 0.3) is 22.2 Å². The van der Waals surface area contributed by atoms with Gasteiger partial charge in [-0.2, -0.15) is 13.2 Å². The Labute approximate surface area is 163 Å². The first-order valence-electron chi connectivity index (χ1n) is 8.61. The third kappa shape index (κ3) is 3.96. The molecule has 0 fully saturated rings. The Morgan fingerprint density at radius 1 is 1.31 bits per heavy atom. The van der Waals surface area contributed by atoms with Gasteiger partial charge in [0.15, 0.2) is 18.1 Å². The molecule has 3 heterocycles. The van der Waals surface area contributed by atoms with Gasteiger partial charge in [-0.1, -0.05) is 6.92 Å². The molecule has 154 valence electrons. The van der Waals surface area contributed by atoms with Gasteiger partial charge in [0.05, 0.1) is 18.2 Å². The third-order valence-corrected chi connectivity index (χ3v) is 4.37. The first-order valence-corrected chi connectivity index (χ1v) is 8.61. The number of aromatic carboxylic acids is 1. The van der Waals surface area contributed by atoms with Crippen LogP contribution >= 0.6 is 0 Å². The quantitative estimate of drug-likeness (QED) is 0.666. The highest BCUT2D eigenvalue weighted by molar-refractivity contribution is 6.01. The lowest BCUT2D eigenvalue weighted by molar-refractivity contribution is -0.153. The number of carboxylic acid groups (broad SMARTS) is 1. The minimum Gasteiger partial charge on any atom is -0.481 e. The molecule has 0 aliphatic carbocycles. The van der Waals surface area contributed by atoms with Crippen molar-refractivity contribution in [2.75, 3.05) is 13.7 Å². The molecule has 0 aromatic carbocycles. The standard InChI is InChI=1S/C19H18F3N3O4/c1-4-13-11(10-5-6-14(28-3)23-8-10)7-12-16(29-9-19(20,21)22)15(18(26)27)25(2)17(12)24-13/h5-8H,4,9H2,1-3H3,(H,26,27). The van der Waals surface area contributed by atoms with Crippen LogP contribution < -0.4 is 9.47 Å². The van der Waals surface area contributed by atoms with E-state index in [0.717, 1.165) is 0 Å². The molecule has 3 aromatic heterocycles. The maximum Gasteiger partial charge on any atom is 0.422 e. The van der Waals surface area contributed by atoms with Crippen molar-refractivity contribution < 1.29 is 32.5 Å². The summed E-state index contributed by atoms with van der Waals surface area (Å²) < 4.78 is 49.3. The van der Waals surface area contributed by atoms with Crippen LogP contribution in [-0.2, 0) is 13.5 Å². The SMILES string of the molecule is CCc1nc2c(cc1-c1ccc(OC)nc1)c(OCC(F)(F)F)c(C(=O)O)n2C. The number of hydrogen-bond acceptors (Lipinski definition) is 5. The van der Waals surface area contributed by atoms with Crippen LogP contribution in [0.4, 0.5) is 13.2 Å². The molecule has 10 heteroatoms. The molecule has 0 saturated heterocycles. The number of hydrogen-bond donors (Lipinski definition) is 1. The molecule has 7 nitrogen and oxygen atoms in total. The van der Waals surface area contributed by atoms with Crippen molar-refractivity contribution in [3.05, 3.63) is 35.8 Å².